The van der Waals surface area contributed by atoms with E-state index in [1.807, 2.05) is 7.05 Å². The fourth-order valence-electron chi connectivity index (χ4n) is 2.12. The quantitative estimate of drug-likeness (QED) is 0.844. The van der Waals surface area contributed by atoms with E-state index in [1.54, 1.807) is 17.7 Å². The smallest absolute Gasteiger partial charge is 0.135 e. The largest absolute Gasteiger partial charge is 0.373 e. The van der Waals surface area contributed by atoms with E-state index in [-0.39, 0.29) is 0 Å². The predicted octanol–water partition coefficient (Wildman–Crippen LogP) is 3.71. The van der Waals surface area contributed by atoms with Crippen LogP contribution in [0.2, 0.25) is 0 Å². The lowest BCUT2D eigenvalue weighted by atomic mass is 10.1. The highest BCUT2D eigenvalue weighted by Crippen LogP contribution is 2.28. The monoisotopic (exact) mass is 276 g/mol. The van der Waals surface area contributed by atoms with Crippen molar-refractivity contribution in [3.05, 3.63) is 34.3 Å². The second-order valence-corrected chi connectivity index (χ2v) is 5.25. The van der Waals surface area contributed by atoms with E-state index >= 15 is 0 Å². The maximum Gasteiger partial charge on any atom is 0.135 e. The van der Waals surface area contributed by atoms with Gasteiger partial charge in [0.15, 0.2) is 0 Å². The van der Waals surface area contributed by atoms with Gasteiger partial charge in [0.25, 0.3) is 0 Å². The third-order valence-corrected chi connectivity index (χ3v) is 4.13. The molecule has 1 unspecified atom stereocenters. The lowest BCUT2D eigenvalue weighted by molar-refractivity contribution is 0.755. The highest BCUT2D eigenvalue weighted by atomic mass is 32.1. The maximum absolute atomic E-state index is 4.40. The predicted molar refractivity (Wildman–Crippen MR) is 81.9 cm³/mol. The minimum absolute atomic E-state index is 0.310. The van der Waals surface area contributed by atoms with Crippen molar-refractivity contribution < 1.29 is 0 Å². The van der Waals surface area contributed by atoms with Crippen molar-refractivity contribution in [1.82, 2.24) is 9.97 Å². The van der Waals surface area contributed by atoms with Crippen molar-refractivity contribution in [1.29, 1.82) is 0 Å². The second-order valence-electron chi connectivity index (χ2n) is 4.27. The van der Waals surface area contributed by atoms with Gasteiger partial charge in [0, 0.05) is 17.5 Å². The zero-order valence-electron chi connectivity index (χ0n) is 11.6. The van der Waals surface area contributed by atoms with Crippen LogP contribution < -0.4 is 10.6 Å². The van der Waals surface area contributed by atoms with E-state index in [0.29, 0.717) is 6.04 Å². The molecular weight excluding hydrogens is 256 g/mol. The van der Waals surface area contributed by atoms with Crippen LogP contribution in [0.5, 0.6) is 0 Å². The van der Waals surface area contributed by atoms with Crippen molar-refractivity contribution >= 4 is 23.0 Å². The van der Waals surface area contributed by atoms with E-state index < -0.39 is 0 Å². The van der Waals surface area contributed by atoms with Crippen LogP contribution in [0.3, 0.4) is 0 Å². The molecule has 0 aliphatic rings. The summed E-state index contributed by atoms with van der Waals surface area (Å²) < 4.78 is 0. The van der Waals surface area contributed by atoms with Crippen molar-refractivity contribution in [2.24, 2.45) is 0 Å². The molecule has 0 aliphatic carbocycles. The molecule has 1 atom stereocenters. The Hall–Kier alpha value is -1.62. The molecule has 0 bridgehead atoms. The summed E-state index contributed by atoms with van der Waals surface area (Å²) in [6.45, 7) is 4.31. The molecule has 2 rings (SSSR count). The molecule has 2 aromatic heterocycles. The van der Waals surface area contributed by atoms with Crippen molar-refractivity contribution in [3.63, 3.8) is 0 Å². The second kappa shape index (κ2) is 6.52. The van der Waals surface area contributed by atoms with Crippen LogP contribution in [0.4, 0.5) is 11.6 Å². The minimum atomic E-state index is 0.310. The zero-order chi connectivity index (χ0) is 13.7. The molecule has 5 heteroatoms. The molecule has 0 saturated carbocycles. The Morgan fingerprint density at radius 2 is 2.05 bits per heavy atom. The van der Waals surface area contributed by atoms with Gasteiger partial charge < -0.3 is 10.6 Å². The first-order valence-corrected chi connectivity index (χ1v) is 7.49. The standard InChI is InChI=1S/C14H20N4S/c1-4-10-13(15-3)16-9-17-14(10)18-11(5-2)12-7-6-8-19-12/h6-9,11H,4-5H2,1-3H3,(H2,15,16,17,18). The van der Waals surface area contributed by atoms with Crippen LogP contribution in [0.1, 0.15) is 36.8 Å². The first kappa shape index (κ1) is 13.8. The summed E-state index contributed by atoms with van der Waals surface area (Å²) in [5.74, 6) is 1.84. The molecule has 4 nitrogen and oxygen atoms in total. The fraction of sp³-hybridized carbons (Fsp3) is 0.429. The van der Waals surface area contributed by atoms with Crippen molar-refractivity contribution in [2.75, 3.05) is 17.7 Å². The molecule has 2 heterocycles. The molecule has 0 aromatic carbocycles. The summed E-state index contributed by atoms with van der Waals surface area (Å²) in [6, 6.07) is 4.56. The molecule has 2 aromatic rings. The van der Waals surface area contributed by atoms with E-state index in [4.69, 9.17) is 0 Å². The number of aromatic nitrogens is 2. The summed E-state index contributed by atoms with van der Waals surface area (Å²) in [4.78, 5) is 10.0. The van der Waals surface area contributed by atoms with Gasteiger partial charge in [0.2, 0.25) is 0 Å². The normalized spacial score (nSPS) is 12.2. The topological polar surface area (TPSA) is 49.8 Å². The van der Waals surface area contributed by atoms with E-state index in [0.717, 1.165) is 30.0 Å². The number of nitrogens with one attached hydrogen (secondary N) is 2. The van der Waals surface area contributed by atoms with Crippen molar-refractivity contribution in [2.45, 2.75) is 32.7 Å². The summed E-state index contributed by atoms with van der Waals surface area (Å²) in [5.41, 5.74) is 1.14. The highest BCUT2D eigenvalue weighted by molar-refractivity contribution is 7.10. The van der Waals surface area contributed by atoms with Gasteiger partial charge in [-0.05, 0) is 24.3 Å². The third-order valence-electron chi connectivity index (χ3n) is 3.14. The molecule has 0 saturated heterocycles. The molecule has 2 N–H and O–H groups in total. The molecule has 19 heavy (non-hydrogen) atoms. The average Bonchev–Trinajstić information content (AvgIpc) is 2.98. The summed E-state index contributed by atoms with van der Waals surface area (Å²) in [7, 11) is 1.89. The summed E-state index contributed by atoms with van der Waals surface area (Å²) >= 11 is 1.78. The maximum atomic E-state index is 4.40. The number of hydrogen-bond acceptors (Lipinski definition) is 5. The minimum Gasteiger partial charge on any atom is -0.373 e. The molecule has 0 aliphatic heterocycles. The lowest BCUT2D eigenvalue weighted by Gasteiger charge is -2.19. The SMILES string of the molecule is CCc1c(NC)ncnc1NC(CC)c1cccs1. The Balaban J connectivity index is 2.27. The molecule has 0 radical (unpaired) electrons. The van der Waals surface area contributed by atoms with Gasteiger partial charge in [0.05, 0.1) is 6.04 Å². The average molecular weight is 276 g/mol. The molecule has 0 amide bonds. The fourth-order valence-corrected chi connectivity index (χ4v) is 2.98. The van der Waals surface area contributed by atoms with Gasteiger partial charge in [-0.1, -0.05) is 19.9 Å². The van der Waals surface area contributed by atoms with Crippen LogP contribution in [0.25, 0.3) is 0 Å². The first-order chi connectivity index (χ1) is 9.30. The Morgan fingerprint density at radius 1 is 1.26 bits per heavy atom. The number of hydrogen-bond donors (Lipinski definition) is 2. The van der Waals surface area contributed by atoms with Gasteiger partial charge in [0.1, 0.15) is 18.0 Å². The molecule has 0 spiro atoms. The Labute approximate surface area is 118 Å². The lowest BCUT2D eigenvalue weighted by Crippen LogP contribution is -2.13. The first-order valence-electron chi connectivity index (χ1n) is 6.61. The third kappa shape index (κ3) is 3.04. The van der Waals surface area contributed by atoms with Gasteiger partial charge >= 0.3 is 0 Å². The number of nitrogens with zero attached hydrogens (tertiary/aromatic N) is 2. The Kier molecular flexibility index (Phi) is 4.74. The Morgan fingerprint density at radius 3 is 2.63 bits per heavy atom. The number of rotatable bonds is 6. The van der Waals surface area contributed by atoms with Gasteiger partial charge in [-0.3, -0.25) is 0 Å². The van der Waals surface area contributed by atoms with Gasteiger partial charge in [-0.15, -0.1) is 11.3 Å². The number of anilines is 2. The summed E-state index contributed by atoms with van der Waals surface area (Å²) in [6.07, 6.45) is 3.54. The van der Waals surface area contributed by atoms with Crippen LogP contribution in [-0.2, 0) is 6.42 Å². The zero-order valence-corrected chi connectivity index (χ0v) is 12.4. The molecule has 102 valence electrons. The molecule has 0 fully saturated rings. The summed E-state index contributed by atoms with van der Waals surface area (Å²) in [5, 5.41) is 8.78. The van der Waals surface area contributed by atoms with Crippen LogP contribution >= 0.6 is 11.3 Å². The van der Waals surface area contributed by atoms with Gasteiger partial charge in [-0.2, -0.15) is 0 Å². The van der Waals surface area contributed by atoms with Crippen LogP contribution in [0, 0.1) is 0 Å². The van der Waals surface area contributed by atoms with E-state index in [2.05, 4.69) is 52.0 Å². The van der Waals surface area contributed by atoms with Crippen molar-refractivity contribution in [3.8, 4) is 0 Å². The highest BCUT2D eigenvalue weighted by Gasteiger charge is 2.14. The van der Waals surface area contributed by atoms with E-state index in [1.165, 1.54) is 4.88 Å². The van der Waals surface area contributed by atoms with E-state index in [9.17, 15) is 0 Å². The van der Waals surface area contributed by atoms with Crippen LogP contribution in [0.15, 0.2) is 23.8 Å². The van der Waals surface area contributed by atoms with Gasteiger partial charge in [-0.25, -0.2) is 9.97 Å². The molecular formula is C14H20N4S. The van der Waals surface area contributed by atoms with Crippen LogP contribution in [-0.4, -0.2) is 17.0 Å². The number of thiophene rings is 1. The Bertz CT molecular complexity index is 510.